The van der Waals surface area contributed by atoms with Crippen LogP contribution in [0.25, 0.3) is 0 Å². The highest BCUT2D eigenvalue weighted by Crippen LogP contribution is 2.21. The zero-order chi connectivity index (χ0) is 12.4. The number of piperidine rings is 1. The second-order valence-electron chi connectivity index (χ2n) is 5.04. The number of likely N-dealkylation sites (tertiary alicyclic amines) is 1. The Hall–Kier alpha value is -1.29. The molecule has 17 heavy (non-hydrogen) atoms. The fourth-order valence-electron chi connectivity index (χ4n) is 2.47. The van der Waals surface area contributed by atoms with E-state index < -0.39 is 5.91 Å². The molecule has 1 aromatic rings. The van der Waals surface area contributed by atoms with E-state index in [1.165, 1.54) is 12.8 Å². The predicted octanol–water partition coefficient (Wildman–Crippen LogP) is 1.92. The fraction of sp³-hybridized carbons (Fsp3) is 0.615. The van der Waals surface area contributed by atoms with Crippen LogP contribution in [0.15, 0.2) is 10.5 Å². The van der Waals surface area contributed by atoms with Gasteiger partial charge in [0.1, 0.15) is 5.76 Å². The van der Waals surface area contributed by atoms with Crippen LogP contribution in [0.2, 0.25) is 0 Å². The van der Waals surface area contributed by atoms with Gasteiger partial charge in [-0.25, -0.2) is 0 Å². The van der Waals surface area contributed by atoms with Gasteiger partial charge in [-0.2, -0.15) is 0 Å². The minimum atomic E-state index is -0.494. The van der Waals surface area contributed by atoms with Gasteiger partial charge in [-0.3, -0.25) is 9.69 Å². The molecule has 1 amide bonds. The molecule has 0 saturated carbocycles. The summed E-state index contributed by atoms with van der Waals surface area (Å²) in [5.74, 6) is 1.33. The van der Waals surface area contributed by atoms with Crippen molar-refractivity contribution in [2.75, 3.05) is 13.1 Å². The van der Waals surface area contributed by atoms with E-state index in [1.54, 1.807) is 6.07 Å². The van der Waals surface area contributed by atoms with Gasteiger partial charge in [-0.05, 0) is 38.3 Å². The maximum atomic E-state index is 11.0. The van der Waals surface area contributed by atoms with Crippen LogP contribution in [-0.2, 0) is 6.54 Å². The summed E-state index contributed by atoms with van der Waals surface area (Å²) in [6.07, 6.45) is 2.56. The van der Waals surface area contributed by atoms with Crippen LogP contribution in [0.5, 0.6) is 0 Å². The van der Waals surface area contributed by atoms with Crippen molar-refractivity contribution in [3.8, 4) is 0 Å². The topological polar surface area (TPSA) is 59.5 Å². The first-order valence-electron chi connectivity index (χ1n) is 6.17. The Morgan fingerprint density at radius 3 is 3.00 bits per heavy atom. The van der Waals surface area contributed by atoms with Crippen molar-refractivity contribution in [3.63, 3.8) is 0 Å². The summed E-state index contributed by atoms with van der Waals surface area (Å²) in [6.45, 7) is 7.27. The lowest BCUT2D eigenvalue weighted by Crippen LogP contribution is -2.33. The van der Waals surface area contributed by atoms with Gasteiger partial charge in [0.15, 0.2) is 5.76 Å². The molecule has 1 atom stereocenters. The molecule has 94 valence electrons. The standard InChI is InChI=1S/C13H20N2O2/c1-9-4-3-5-15(7-9)8-11-6-12(13(14)16)17-10(11)2/h6,9H,3-5,7-8H2,1-2H3,(H2,14,16). The highest BCUT2D eigenvalue weighted by molar-refractivity contribution is 5.90. The lowest BCUT2D eigenvalue weighted by atomic mass is 10.00. The van der Waals surface area contributed by atoms with Crippen molar-refractivity contribution in [3.05, 3.63) is 23.2 Å². The van der Waals surface area contributed by atoms with E-state index in [9.17, 15) is 4.79 Å². The summed E-state index contributed by atoms with van der Waals surface area (Å²) in [6, 6.07) is 1.77. The predicted molar refractivity (Wildman–Crippen MR) is 65.6 cm³/mol. The summed E-state index contributed by atoms with van der Waals surface area (Å²) in [5.41, 5.74) is 6.28. The Morgan fingerprint density at radius 1 is 1.65 bits per heavy atom. The van der Waals surface area contributed by atoms with Gasteiger partial charge >= 0.3 is 0 Å². The number of nitrogens with zero attached hydrogens (tertiary/aromatic N) is 1. The molecular formula is C13H20N2O2. The molecule has 0 bridgehead atoms. The molecular weight excluding hydrogens is 216 g/mol. The van der Waals surface area contributed by atoms with Gasteiger partial charge in [0.05, 0.1) is 0 Å². The molecule has 1 fully saturated rings. The largest absolute Gasteiger partial charge is 0.456 e. The number of aryl methyl sites for hydroxylation is 1. The highest BCUT2D eigenvalue weighted by Gasteiger charge is 2.19. The fourth-order valence-corrected chi connectivity index (χ4v) is 2.47. The third-order valence-electron chi connectivity index (χ3n) is 3.40. The van der Waals surface area contributed by atoms with E-state index in [0.29, 0.717) is 0 Å². The molecule has 1 saturated heterocycles. The quantitative estimate of drug-likeness (QED) is 0.872. The second kappa shape index (κ2) is 4.92. The highest BCUT2D eigenvalue weighted by atomic mass is 16.3. The summed E-state index contributed by atoms with van der Waals surface area (Å²) in [7, 11) is 0. The molecule has 0 aliphatic carbocycles. The van der Waals surface area contributed by atoms with Crippen molar-refractivity contribution in [2.45, 2.75) is 33.2 Å². The minimum absolute atomic E-state index is 0.266. The van der Waals surface area contributed by atoms with E-state index in [-0.39, 0.29) is 5.76 Å². The maximum Gasteiger partial charge on any atom is 0.284 e. The van der Waals surface area contributed by atoms with Crippen LogP contribution in [0, 0.1) is 12.8 Å². The Bertz CT molecular complexity index is 412. The van der Waals surface area contributed by atoms with Gasteiger partial charge in [0.2, 0.25) is 0 Å². The van der Waals surface area contributed by atoms with Crippen LogP contribution >= 0.6 is 0 Å². The molecule has 0 aromatic carbocycles. The minimum Gasteiger partial charge on any atom is -0.456 e. The molecule has 1 aliphatic heterocycles. The molecule has 0 radical (unpaired) electrons. The van der Waals surface area contributed by atoms with Crippen LogP contribution in [0.3, 0.4) is 0 Å². The number of hydrogen-bond acceptors (Lipinski definition) is 3. The Balaban J connectivity index is 2.05. The number of primary amides is 1. The van der Waals surface area contributed by atoms with E-state index in [0.717, 1.165) is 36.9 Å². The van der Waals surface area contributed by atoms with Gasteiger partial charge < -0.3 is 10.2 Å². The smallest absolute Gasteiger partial charge is 0.284 e. The third-order valence-corrected chi connectivity index (χ3v) is 3.40. The molecule has 1 aromatic heterocycles. The normalized spacial score (nSPS) is 21.6. The van der Waals surface area contributed by atoms with Gasteiger partial charge in [0.25, 0.3) is 5.91 Å². The van der Waals surface area contributed by atoms with Crippen molar-refractivity contribution in [2.24, 2.45) is 11.7 Å². The Kier molecular flexibility index (Phi) is 3.52. The zero-order valence-electron chi connectivity index (χ0n) is 10.5. The van der Waals surface area contributed by atoms with E-state index in [1.807, 2.05) is 6.92 Å². The van der Waals surface area contributed by atoms with Gasteiger partial charge in [0, 0.05) is 18.7 Å². The lowest BCUT2D eigenvalue weighted by Gasteiger charge is -2.30. The van der Waals surface area contributed by atoms with Crippen LogP contribution < -0.4 is 5.73 Å². The molecule has 1 aliphatic rings. The summed E-state index contributed by atoms with van der Waals surface area (Å²) >= 11 is 0. The summed E-state index contributed by atoms with van der Waals surface area (Å²) < 4.78 is 5.34. The average molecular weight is 236 g/mol. The van der Waals surface area contributed by atoms with Crippen molar-refractivity contribution in [1.29, 1.82) is 0 Å². The first-order chi connectivity index (χ1) is 8.06. The van der Waals surface area contributed by atoms with Crippen molar-refractivity contribution in [1.82, 2.24) is 4.90 Å². The van der Waals surface area contributed by atoms with Gasteiger partial charge in [-0.15, -0.1) is 0 Å². The Labute approximate surface area is 102 Å². The first kappa shape index (κ1) is 12.2. The molecule has 2 heterocycles. The summed E-state index contributed by atoms with van der Waals surface area (Å²) in [5, 5.41) is 0. The molecule has 4 heteroatoms. The molecule has 2 rings (SSSR count). The monoisotopic (exact) mass is 236 g/mol. The van der Waals surface area contributed by atoms with Crippen LogP contribution in [-0.4, -0.2) is 23.9 Å². The number of hydrogen-bond donors (Lipinski definition) is 1. The van der Waals surface area contributed by atoms with Crippen molar-refractivity contribution < 1.29 is 9.21 Å². The number of carbonyl (C=O) groups is 1. The molecule has 2 N–H and O–H groups in total. The molecule has 4 nitrogen and oxygen atoms in total. The Morgan fingerprint density at radius 2 is 2.41 bits per heavy atom. The van der Waals surface area contributed by atoms with E-state index >= 15 is 0 Å². The van der Waals surface area contributed by atoms with Crippen LogP contribution in [0.1, 0.15) is 41.6 Å². The number of nitrogens with two attached hydrogens (primary N) is 1. The first-order valence-corrected chi connectivity index (χ1v) is 6.17. The number of carbonyl (C=O) groups excluding carboxylic acids is 1. The lowest BCUT2D eigenvalue weighted by molar-refractivity contribution is 0.0972. The van der Waals surface area contributed by atoms with Crippen LogP contribution in [0.4, 0.5) is 0 Å². The average Bonchev–Trinajstić information content (AvgIpc) is 2.61. The SMILES string of the molecule is Cc1oc(C(N)=O)cc1CN1CCCC(C)C1. The summed E-state index contributed by atoms with van der Waals surface area (Å²) in [4.78, 5) is 13.4. The third kappa shape index (κ3) is 2.88. The van der Waals surface area contributed by atoms with Gasteiger partial charge in [-0.1, -0.05) is 6.92 Å². The maximum absolute atomic E-state index is 11.0. The van der Waals surface area contributed by atoms with E-state index in [2.05, 4.69) is 11.8 Å². The van der Waals surface area contributed by atoms with Crippen molar-refractivity contribution >= 4 is 5.91 Å². The molecule has 0 spiro atoms. The number of rotatable bonds is 3. The molecule has 1 unspecified atom stereocenters. The number of amides is 1. The zero-order valence-corrected chi connectivity index (χ0v) is 10.5. The second-order valence-corrected chi connectivity index (χ2v) is 5.04. The number of furan rings is 1. The van der Waals surface area contributed by atoms with E-state index in [4.69, 9.17) is 10.2 Å².